The highest BCUT2D eigenvalue weighted by Gasteiger charge is 2.13. The maximum Gasteiger partial charge on any atom is 0.317 e. The van der Waals surface area contributed by atoms with E-state index < -0.39 is 5.97 Å². The van der Waals surface area contributed by atoms with E-state index in [9.17, 15) is 9.59 Å². The minimum Gasteiger partial charge on any atom is -0.481 e. The van der Waals surface area contributed by atoms with E-state index in [2.05, 4.69) is 38.2 Å². The van der Waals surface area contributed by atoms with Crippen LogP contribution in [0.25, 0.3) is 0 Å². The summed E-state index contributed by atoms with van der Waals surface area (Å²) in [7, 11) is 1.58. The van der Waals surface area contributed by atoms with Gasteiger partial charge in [0.05, 0.1) is 6.42 Å². The molecule has 0 heterocycles. The third-order valence-corrected chi connectivity index (χ3v) is 3.27. The van der Waals surface area contributed by atoms with Gasteiger partial charge in [0.25, 0.3) is 0 Å². The Bertz CT molecular complexity index is 489. The largest absolute Gasteiger partial charge is 0.481 e. The molecule has 2 N–H and O–H groups in total. The van der Waals surface area contributed by atoms with Gasteiger partial charge in [0.1, 0.15) is 0 Å². The molecule has 0 bridgehead atoms. The Labute approximate surface area is 126 Å². The van der Waals surface area contributed by atoms with E-state index in [-0.39, 0.29) is 24.4 Å². The fraction of sp³-hybridized carbons (Fsp3) is 0.500. The summed E-state index contributed by atoms with van der Waals surface area (Å²) in [6.45, 7) is 7.09. The lowest BCUT2D eigenvalue weighted by Crippen LogP contribution is -2.37. The molecule has 0 aliphatic carbocycles. The van der Waals surface area contributed by atoms with Gasteiger partial charge in [-0.3, -0.25) is 4.79 Å². The van der Waals surface area contributed by atoms with E-state index in [4.69, 9.17) is 5.11 Å². The number of carboxylic acid groups (broad SMARTS) is 1. The lowest BCUT2D eigenvalue weighted by atomic mass is 9.87. The van der Waals surface area contributed by atoms with Crippen LogP contribution in [0.2, 0.25) is 0 Å². The zero-order chi connectivity index (χ0) is 16.0. The molecule has 0 radical (unpaired) electrons. The van der Waals surface area contributed by atoms with Crippen molar-refractivity contribution >= 4 is 12.0 Å². The first-order valence-corrected chi connectivity index (χ1v) is 7.00. The number of nitrogens with zero attached hydrogens (tertiary/aromatic N) is 1. The molecule has 1 aromatic rings. The summed E-state index contributed by atoms with van der Waals surface area (Å²) in [6, 6.07) is 7.86. The SMILES string of the molecule is CN(CCC(=O)O)C(=O)NCc1ccc(C(C)(C)C)cc1. The third-order valence-electron chi connectivity index (χ3n) is 3.27. The van der Waals surface area contributed by atoms with Crippen molar-refractivity contribution in [1.82, 2.24) is 10.2 Å². The topological polar surface area (TPSA) is 69.6 Å². The molecule has 0 unspecified atom stereocenters. The van der Waals surface area contributed by atoms with Gasteiger partial charge in [-0.1, -0.05) is 45.0 Å². The van der Waals surface area contributed by atoms with Gasteiger partial charge in [-0.15, -0.1) is 0 Å². The molecular weight excluding hydrogens is 268 g/mol. The fourth-order valence-electron chi connectivity index (χ4n) is 1.80. The lowest BCUT2D eigenvalue weighted by Gasteiger charge is -2.20. The van der Waals surface area contributed by atoms with Crippen LogP contribution in [0.15, 0.2) is 24.3 Å². The molecule has 0 fully saturated rings. The van der Waals surface area contributed by atoms with E-state index in [1.165, 1.54) is 10.5 Å². The van der Waals surface area contributed by atoms with Crippen molar-refractivity contribution in [2.75, 3.05) is 13.6 Å². The van der Waals surface area contributed by atoms with Crippen LogP contribution in [0.4, 0.5) is 4.79 Å². The van der Waals surface area contributed by atoms with E-state index in [1.54, 1.807) is 7.05 Å². The Morgan fingerprint density at radius 3 is 2.24 bits per heavy atom. The molecule has 21 heavy (non-hydrogen) atoms. The number of urea groups is 1. The van der Waals surface area contributed by atoms with Gasteiger partial charge in [-0.2, -0.15) is 0 Å². The van der Waals surface area contributed by atoms with Crippen LogP contribution < -0.4 is 5.32 Å². The minimum absolute atomic E-state index is 0.0514. The van der Waals surface area contributed by atoms with Gasteiger partial charge in [0.2, 0.25) is 0 Å². The standard InChI is InChI=1S/C16H24N2O3/c1-16(2,3)13-7-5-12(6-8-13)11-17-15(21)18(4)10-9-14(19)20/h5-8H,9-11H2,1-4H3,(H,17,21)(H,19,20). The summed E-state index contributed by atoms with van der Waals surface area (Å²) in [5.41, 5.74) is 2.37. The van der Waals surface area contributed by atoms with Gasteiger partial charge in [0, 0.05) is 20.1 Å². The number of nitrogens with one attached hydrogen (secondary N) is 1. The summed E-state index contributed by atoms with van der Waals surface area (Å²) in [5, 5.41) is 11.4. The predicted octanol–water partition coefficient (Wildman–Crippen LogP) is 2.60. The number of amides is 2. The number of hydrogen-bond acceptors (Lipinski definition) is 2. The molecule has 0 aliphatic heterocycles. The van der Waals surface area contributed by atoms with Crippen molar-refractivity contribution in [2.24, 2.45) is 0 Å². The van der Waals surface area contributed by atoms with E-state index in [0.717, 1.165) is 5.56 Å². The summed E-state index contributed by atoms with van der Waals surface area (Å²) >= 11 is 0. The van der Waals surface area contributed by atoms with Crippen molar-refractivity contribution in [2.45, 2.75) is 39.2 Å². The average Bonchev–Trinajstić information content (AvgIpc) is 2.41. The van der Waals surface area contributed by atoms with Gasteiger partial charge in [0.15, 0.2) is 0 Å². The first-order chi connectivity index (χ1) is 9.70. The molecule has 0 spiro atoms. The number of carbonyl (C=O) groups is 2. The summed E-state index contributed by atoms with van der Waals surface area (Å²) < 4.78 is 0. The molecule has 1 rings (SSSR count). The Hall–Kier alpha value is -2.04. The Morgan fingerprint density at radius 2 is 1.76 bits per heavy atom. The molecule has 0 saturated heterocycles. The molecule has 0 atom stereocenters. The van der Waals surface area contributed by atoms with Crippen molar-refractivity contribution < 1.29 is 14.7 Å². The number of hydrogen-bond donors (Lipinski definition) is 2. The maximum atomic E-state index is 11.8. The van der Waals surface area contributed by atoms with E-state index >= 15 is 0 Å². The highest BCUT2D eigenvalue weighted by atomic mass is 16.4. The first-order valence-electron chi connectivity index (χ1n) is 7.00. The molecule has 2 amide bonds. The third kappa shape index (κ3) is 5.85. The minimum atomic E-state index is -0.910. The molecular formula is C16H24N2O3. The Kier molecular flexibility index (Phi) is 5.76. The zero-order valence-corrected chi connectivity index (χ0v) is 13.1. The molecule has 0 saturated carbocycles. The smallest absolute Gasteiger partial charge is 0.317 e. The molecule has 5 nitrogen and oxygen atoms in total. The van der Waals surface area contributed by atoms with Crippen LogP contribution in [-0.4, -0.2) is 35.6 Å². The van der Waals surface area contributed by atoms with Gasteiger partial charge >= 0.3 is 12.0 Å². The highest BCUT2D eigenvalue weighted by molar-refractivity contribution is 5.75. The second-order valence-electron chi connectivity index (χ2n) is 6.17. The predicted molar refractivity (Wildman–Crippen MR) is 82.3 cm³/mol. The first kappa shape index (κ1) is 17.0. The van der Waals surface area contributed by atoms with Crippen LogP contribution >= 0.6 is 0 Å². The Morgan fingerprint density at radius 1 is 1.19 bits per heavy atom. The normalized spacial score (nSPS) is 11.0. The van der Waals surface area contributed by atoms with E-state index in [1.807, 2.05) is 12.1 Å². The van der Waals surface area contributed by atoms with E-state index in [0.29, 0.717) is 6.54 Å². The monoisotopic (exact) mass is 292 g/mol. The van der Waals surface area contributed by atoms with Crippen LogP contribution in [0.3, 0.4) is 0 Å². The van der Waals surface area contributed by atoms with Crippen molar-refractivity contribution in [3.8, 4) is 0 Å². The number of benzene rings is 1. The van der Waals surface area contributed by atoms with Crippen LogP contribution in [0.5, 0.6) is 0 Å². The van der Waals surface area contributed by atoms with Gasteiger partial charge in [-0.05, 0) is 16.5 Å². The van der Waals surface area contributed by atoms with Gasteiger partial charge < -0.3 is 15.3 Å². The van der Waals surface area contributed by atoms with Crippen molar-refractivity contribution in [3.05, 3.63) is 35.4 Å². The quantitative estimate of drug-likeness (QED) is 0.876. The lowest BCUT2D eigenvalue weighted by molar-refractivity contribution is -0.137. The summed E-state index contributed by atoms with van der Waals surface area (Å²) in [4.78, 5) is 23.6. The average molecular weight is 292 g/mol. The number of carboxylic acids is 1. The number of aliphatic carboxylic acids is 1. The molecule has 5 heteroatoms. The highest BCUT2D eigenvalue weighted by Crippen LogP contribution is 2.22. The second kappa shape index (κ2) is 7.11. The van der Waals surface area contributed by atoms with Crippen LogP contribution in [-0.2, 0) is 16.8 Å². The Balaban J connectivity index is 2.48. The molecule has 116 valence electrons. The number of carbonyl (C=O) groups excluding carboxylic acids is 1. The number of rotatable bonds is 5. The maximum absolute atomic E-state index is 11.8. The van der Waals surface area contributed by atoms with Gasteiger partial charge in [-0.25, -0.2) is 4.79 Å². The molecule has 0 aliphatic rings. The van der Waals surface area contributed by atoms with Crippen molar-refractivity contribution in [1.29, 1.82) is 0 Å². The fourth-order valence-corrected chi connectivity index (χ4v) is 1.80. The molecule has 0 aromatic heterocycles. The molecule has 1 aromatic carbocycles. The summed E-state index contributed by atoms with van der Waals surface area (Å²) in [5.74, 6) is -0.910. The second-order valence-corrected chi connectivity index (χ2v) is 6.17. The van der Waals surface area contributed by atoms with Crippen molar-refractivity contribution in [3.63, 3.8) is 0 Å². The van der Waals surface area contributed by atoms with Crippen LogP contribution in [0.1, 0.15) is 38.3 Å². The zero-order valence-electron chi connectivity index (χ0n) is 13.1. The van der Waals surface area contributed by atoms with Crippen LogP contribution in [0, 0.1) is 0 Å². The summed E-state index contributed by atoms with van der Waals surface area (Å²) in [6.07, 6.45) is -0.0514.